The zero-order valence-corrected chi connectivity index (χ0v) is 12.7. The van der Waals surface area contributed by atoms with E-state index < -0.39 is 11.8 Å². The van der Waals surface area contributed by atoms with Crippen molar-refractivity contribution in [2.75, 3.05) is 11.9 Å². The van der Waals surface area contributed by atoms with Gasteiger partial charge >= 0.3 is 11.8 Å². The molecule has 1 heterocycles. The van der Waals surface area contributed by atoms with Gasteiger partial charge in [0, 0.05) is 10.6 Å². The highest BCUT2D eigenvalue weighted by Gasteiger charge is 2.12. The van der Waals surface area contributed by atoms with Gasteiger partial charge in [0.25, 0.3) is 0 Å². The first-order valence-electron chi connectivity index (χ1n) is 6.60. The number of thiophene rings is 1. The Labute approximate surface area is 131 Å². The second-order valence-electron chi connectivity index (χ2n) is 4.13. The Balaban J connectivity index is 1.84. The first-order chi connectivity index (χ1) is 10.7. The molecule has 7 heteroatoms. The van der Waals surface area contributed by atoms with E-state index in [1.165, 1.54) is 17.6 Å². The van der Waals surface area contributed by atoms with E-state index in [1.54, 1.807) is 24.3 Å². The molecule has 0 aliphatic rings. The highest BCUT2D eigenvalue weighted by atomic mass is 32.1. The van der Waals surface area contributed by atoms with Crippen LogP contribution in [-0.2, 0) is 9.59 Å². The van der Waals surface area contributed by atoms with Crippen LogP contribution in [0.5, 0.6) is 5.75 Å². The van der Waals surface area contributed by atoms with Crippen LogP contribution < -0.4 is 15.5 Å². The van der Waals surface area contributed by atoms with E-state index in [-0.39, 0.29) is 0 Å². The van der Waals surface area contributed by atoms with E-state index in [9.17, 15) is 9.59 Å². The number of amides is 2. The number of benzene rings is 1. The number of anilines is 1. The van der Waals surface area contributed by atoms with Crippen molar-refractivity contribution >= 4 is 35.1 Å². The molecular weight excluding hydrogens is 302 g/mol. The van der Waals surface area contributed by atoms with Gasteiger partial charge in [-0.25, -0.2) is 5.43 Å². The van der Waals surface area contributed by atoms with Gasteiger partial charge in [-0.15, -0.1) is 11.3 Å². The molecule has 0 saturated heterocycles. The summed E-state index contributed by atoms with van der Waals surface area (Å²) in [6.07, 6.45) is 1.48. The van der Waals surface area contributed by atoms with E-state index >= 15 is 0 Å². The molecule has 0 aliphatic heterocycles. The summed E-state index contributed by atoms with van der Waals surface area (Å²) in [6, 6.07) is 10.5. The van der Waals surface area contributed by atoms with Crippen LogP contribution in [-0.4, -0.2) is 24.6 Å². The van der Waals surface area contributed by atoms with Crippen molar-refractivity contribution in [2.45, 2.75) is 6.92 Å². The van der Waals surface area contributed by atoms with Gasteiger partial charge in [-0.2, -0.15) is 5.10 Å². The lowest BCUT2D eigenvalue weighted by atomic mass is 10.3. The van der Waals surface area contributed by atoms with Gasteiger partial charge in [-0.3, -0.25) is 9.59 Å². The highest BCUT2D eigenvalue weighted by Crippen LogP contribution is 2.15. The summed E-state index contributed by atoms with van der Waals surface area (Å²) < 4.78 is 5.29. The van der Waals surface area contributed by atoms with Crippen molar-refractivity contribution in [3.05, 3.63) is 46.7 Å². The maximum absolute atomic E-state index is 11.7. The van der Waals surface area contributed by atoms with Crippen LogP contribution in [0.25, 0.3) is 0 Å². The smallest absolute Gasteiger partial charge is 0.329 e. The molecular formula is C15H15N3O3S. The Morgan fingerprint density at radius 2 is 2.00 bits per heavy atom. The van der Waals surface area contributed by atoms with Crippen molar-refractivity contribution in [1.29, 1.82) is 0 Å². The number of hydrogen-bond donors (Lipinski definition) is 2. The summed E-state index contributed by atoms with van der Waals surface area (Å²) in [4.78, 5) is 24.2. The Hall–Kier alpha value is -2.67. The van der Waals surface area contributed by atoms with Gasteiger partial charge in [-0.05, 0) is 42.6 Å². The first kappa shape index (κ1) is 15.7. The number of carbonyl (C=O) groups excluding carboxylic acids is 2. The third kappa shape index (κ3) is 4.71. The average molecular weight is 317 g/mol. The quantitative estimate of drug-likeness (QED) is 0.504. The van der Waals surface area contributed by atoms with Gasteiger partial charge in [0.05, 0.1) is 12.8 Å². The number of ether oxygens (including phenoxy) is 1. The van der Waals surface area contributed by atoms with E-state index in [0.29, 0.717) is 18.0 Å². The molecule has 2 rings (SSSR count). The van der Waals surface area contributed by atoms with E-state index in [4.69, 9.17) is 4.74 Å². The molecule has 0 bridgehead atoms. The number of rotatable bonds is 5. The molecule has 2 amide bonds. The average Bonchev–Trinajstić information content (AvgIpc) is 3.02. The summed E-state index contributed by atoms with van der Waals surface area (Å²) in [6.45, 7) is 2.45. The number of carbonyl (C=O) groups is 2. The predicted octanol–water partition coefficient (Wildman–Crippen LogP) is 2.24. The van der Waals surface area contributed by atoms with E-state index in [1.807, 2.05) is 24.4 Å². The first-order valence-corrected chi connectivity index (χ1v) is 7.47. The number of nitrogens with zero attached hydrogens (tertiary/aromatic N) is 1. The summed E-state index contributed by atoms with van der Waals surface area (Å²) >= 11 is 1.48. The van der Waals surface area contributed by atoms with Crippen LogP contribution in [0.15, 0.2) is 46.9 Å². The molecule has 2 N–H and O–H groups in total. The van der Waals surface area contributed by atoms with Gasteiger partial charge < -0.3 is 10.1 Å². The zero-order chi connectivity index (χ0) is 15.8. The molecule has 0 aliphatic carbocycles. The van der Waals surface area contributed by atoms with Gasteiger partial charge in [0.2, 0.25) is 0 Å². The van der Waals surface area contributed by atoms with E-state index in [2.05, 4.69) is 15.8 Å². The minimum Gasteiger partial charge on any atom is -0.494 e. The third-order valence-corrected chi connectivity index (χ3v) is 3.34. The molecule has 22 heavy (non-hydrogen) atoms. The molecule has 114 valence electrons. The molecule has 1 aromatic heterocycles. The minimum absolute atomic E-state index is 0.505. The molecule has 2 aromatic rings. The van der Waals surface area contributed by atoms with Crippen molar-refractivity contribution in [2.24, 2.45) is 5.10 Å². The fraction of sp³-hybridized carbons (Fsp3) is 0.133. The normalized spacial score (nSPS) is 10.4. The molecule has 0 radical (unpaired) electrons. The lowest BCUT2D eigenvalue weighted by molar-refractivity contribution is -0.136. The second kappa shape index (κ2) is 7.94. The maximum Gasteiger partial charge on any atom is 0.329 e. The summed E-state index contributed by atoms with van der Waals surface area (Å²) in [5.74, 6) is -0.917. The lowest BCUT2D eigenvalue weighted by Crippen LogP contribution is -2.32. The monoisotopic (exact) mass is 317 g/mol. The maximum atomic E-state index is 11.7. The van der Waals surface area contributed by atoms with Gasteiger partial charge in [0.15, 0.2) is 0 Å². The summed E-state index contributed by atoms with van der Waals surface area (Å²) in [5, 5.41) is 8.09. The Morgan fingerprint density at radius 1 is 1.23 bits per heavy atom. The van der Waals surface area contributed by atoms with Crippen LogP contribution in [0.3, 0.4) is 0 Å². The van der Waals surface area contributed by atoms with Crippen LogP contribution >= 0.6 is 11.3 Å². The Kier molecular flexibility index (Phi) is 5.67. The standard InChI is InChI=1S/C15H15N3O3S/c1-2-21-12-7-5-11(6-8-12)17-14(19)15(20)18-16-10-13-4-3-9-22-13/h3-10H,2H2,1H3,(H,17,19)(H,18,20). The molecule has 6 nitrogen and oxygen atoms in total. The number of hydrogen-bond acceptors (Lipinski definition) is 5. The number of nitrogens with one attached hydrogen (secondary N) is 2. The van der Waals surface area contributed by atoms with E-state index in [0.717, 1.165) is 4.88 Å². The van der Waals surface area contributed by atoms with Crippen molar-refractivity contribution in [3.8, 4) is 5.75 Å². The third-order valence-electron chi connectivity index (χ3n) is 2.53. The topological polar surface area (TPSA) is 79.8 Å². The Morgan fingerprint density at radius 3 is 2.64 bits per heavy atom. The minimum atomic E-state index is -0.832. The summed E-state index contributed by atoms with van der Waals surface area (Å²) in [7, 11) is 0. The van der Waals surface area contributed by atoms with Crippen LogP contribution in [0.2, 0.25) is 0 Å². The second-order valence-corrected chi connectivity index (χ2v) is 5.11. The van der Waals surface area contributed by atoms with Gasteiger partial charge in [0.1, 0.15) is 5.75 Å². The summed E-state index contributed by atoms with van der Waals surface area (Å²) in [5.41, 5.74) is 2.68. The van der Waals surface area contributed by atoms with Crippen LogP contribution in [0.1, 0.15) is 11.8 Å². The van der Waals surface area contributed by atoms with Crippen LogP contribution in [0, 0.1) is 0 Å². The Bertz CT molecular complexity index is 651. The number of hydrazone groups is 1. The largest absolute Gasteiger partial charge is 0.494 e. The van der Waals surface area contributed by atoms with Gasteiger partial charge in [-0.1, -0.05) is 6.07 Å². The lowest BCUT2D eigenvalue weighted by Gasteiger charge is -2.06. The molecule has 0 unspecified atom stereocenters. The van der Waals surface area contributed by atoms with Crippen molar-refractivity contribution < 1.29 is 14.3 Å². The molecule has 1 aromatic carbocycles. The molecule has 0 fully saturated rings. The fourth-order valence-electron chi connectivity index (χ4n) is 1.56. The predicted molar refractivity (Wildman–Crippen MR) is 86.3 cm³/mol. The van der Waals surface area contributed by atoms with Crippen molar-refractivity contribution in [3.63, 3.8) is 0 Å². The fourth-order valence-corrected chi connectivity index (χ4v) is 2.14. The van der Waals surface area contributed by atoms with Crippen molar-refractivity contribution in [1.82, 2.24) is 5.43 Å². The SMILES string of the molecule is CCOc1ccc(NC(=O)C(=O)NN=Cc2cccs2)cc1. The molecule has 0 spiro atoms. The van der Waals surface area contributed by atoms with Crippen LogP contribution in [0.4, 0.5) is 5.69 Å². The molecule has 0 saturated carbocycles. The zero-order valence-electron chi connectivity index (χ0n) is 11.9. The highest BCUT2D eigenvalue weighted by molar-refractivity contribution is 7.11. The molecule has 0 atom stereocenters.